The van der Waals surface area contributed by atoms with Gasteiger partial charge in [-0.1, -0.05) is 0 Å². The second kappa shape index (κ2) is 8.75. The van der Waals surface area contributed by atoms with Crippen LogP contribution in [-0.4, -0.2) is 30.6 Å². The van der Waals surface area contributed by atoms with Crippen molar-refractivity contribution in [2.45, 2.75) is 20.0 Å². The highest BCUT2D eigenvalue weighted by Crippen LogP contribution is 2.11. The maximum atomic E-state index is 12.8. The van der Waals surface area contributed by atoms with Gasteiger partial charge in [-0.25, -0.2) is 14.0 Å². The summed E-state index contributed by atoms with van der Waals surface area (Å²) in [6, 6.07) is 10.9. The minimum Gasteiger partial charge on any atom is -0.459 e. The van der Waals surface area contributed by atoms with Gasteiger partial charge >= 0.3 is 11.9 Å². The van der Waals surface area contributed by atoms with Crippen LogP contribution in [0.4, 0.5) is 10.1 Å². The van der Waals surface area contributed by atoms with E-state index in [1.54, 1.807) is 13.8 Å². The lowest BCUT2D eigenvalue weighted by molar-refractivity contribution is -0.119. The molecule has 6 nitrogen and oxygen atoms in total. The van der Waals surface area contributed by atoms with E-state index in [9.17, 15) is 18.8 Å². The third-order valence-electron chi connectivity index (χ3n) is 3.16. The number of hydrogen-bond donors (Lipinski definition) is 1. The predicted molar refractivity (Wildman–Crippen MR) is 92.3 cm³/mol. The van der Waals surface area contributed by atoms with E-state index in [2.05, 4.69) is 5.32 Å². The molecule has 0 atom stereocenters. The van der Waals surface area contributed by atoms with E-state index < -0.39 is 30.3 Å². The molecule has 136 valence electrons. The lowest BCUT2D eigenvalue weighted by Crippen LogP contribution is -2.21. The summed E-state index contributed by atoms with van der Waals surface area (Å²) < 4.78 is 22.7. The summed E-state index contributed by atoms with van der Waals surface area (Å²) in [5.41, 5.74) is 0.945. The van der Waals surface area contributed by atoms with Crippen LogP contribution in [0.2, 0.25) is 0 Å². The molecule has 0 radical (unpaired) electrons. The molecule has 2 aromatic carbocycles. The number of hydrogen-bond acceptors (Lipinski definition) is 5. The van der Waals surface area contributed by atoms with Crippen molar-refractivity contribution in [3.8, 4) is 0 Å². The Bertz CT molecular complexity index is 785. The van der Waals surface area contributed by atoms with Gasteiger partial charge in [-0.3, -0.25) is 4.79 Å². The van der Waals surface area contributed by atoms with E-state index in [0.29, 0.717) is 11.3 Å². The zero-order chi connectivity index (χ0) is 19.1. The number of esters is 2. The molecule has 0 bridgehead atoms. The normalized spacial score (nSPS) is 10.3. The number of rotatable bonds is 6. The molecule has 0 spiro atoms. The van der Waals surface area contributed by atoms with Crippen LogP contribution in [0, 0.1) is 5.82 Å². The third kappa shape index (κ3) is 5.70. The molecular formula is C19H18FNO5. The molecule has 2 rings (SSSR count). The highest BCUT2D eigenvalue weighted by atomic mass is 19.1. The number of amides is 1. The topological polar surface area (TPSA) is 81.7 Å². The lowest BCUT2D eigenvalue weighted by atomic mass is 10.2. The van der Waals surface area contributed by atoms with Crippen LogP contribution in [-0.2, 0) is 14.3 Å². The largest absolute Gasteiger partial charge is 0.459 e. The highest BCUT2D eigenvalue weighted by Gasteiger charge is 2.12. The standard InChI is InChI=1S/C19H18FNO5/c1-12(2)26-19(24)14-5-9-16(10-6-14)21-17(22)11-25-18(23)13-3-7-15(20)8-4-13/h3-10,12H,11H2,1-2H3,(H,21,22). The molecule has 2 aromatic rings. The number of anilines is 1. The number of benzene rings is 2. The SMILES string of the molecule is CC(C)OC(=O)c1ccc(NC(=O)COC(=O)c2ccc(F)cc2)cc1. The first-order chi connectivity index (χ1) is 12.3. The molecule has 1 N–H and O–H groups in total. The molecule has 0 saturated carbocycles. The second-order valence-electron chi connectivity index (χ2n) is 5.66. The van der Waals surface area contributed by atoms with Gasteiger partial charge in [0.25, 0.3) is 5.91 Å². The van der Waals surface area contributed by atoms with Crippen LogP contribution >= 0.6 is 0 Å². The molecular weight excluding hydrogens is 341 g/mol. The molecule has 0 aliphatic rings. The van der Waals surface area contributed by atoms with Crippen LogP contribution in [0.3, 0.4) is 0 Å². The molecule has 0 unspecified atom stereocenters. The van der Waals surface area contributed by atoms with Gasteiger partial charge in [0, 0.05) is 5.69 Å². The zero-order valence-corrected chi connectivity index (χ0v) is 14.3. The van der Waals surface area contributed by atoms with E-state index in [0.717, 1.165) is 12.1 Å². The monoisotopic (exact) mass is 359 g/mol. The van der Waals surface area contributed by atoms with Crippen molar-refractivity contribution in [1.29, 1.82) is 0 Å². The van der Waals surface area contributed by atoms with E-state index in [-0.39, 0.29) is 11.7 Å². The fraction of sp³-hybridized carbons (Fsp3) is 0.211. The van der Waals surface area contributed by atoms with Crippen LogP contribution in [0.1, 0.15) is 34.6 Å². The number of ether oxygens (including phenoxy) is 2. The predicted octanol–water partition coefficient (Wildman–Crippen LogP) is 3.19. The van der Waals surface area contributed by atoms with Gasteiger partial charge in [-0.05, 0) is 62.4 Å². The van der Waals surface area contributed by atoms with Crippen LogP contribution in [0.25, 0.3) is 0 Å². The van der Waals surface area contributed by atoms with Crippen molar-refractivity contribution >= 4 is 23.5 Å². The van der Waals surface area contributed by atoms with E-state index in [1.165, 1.54) is 36.4 Å². The summed E-state index contributed by atoms with van der Waals surface area (Å²) in [5.74, 6) is -2.20. The van der Waals surface area contributed by atoms with Gasteiger partial charge in [0.2, 0.25) is 0 Å². The molecule has 0 aromatic heterocycles. The van der Waals surface area contributed by atoms with Crippen molar-refractivity contribution in [3.63, 3.8) is 0 Å². The molecule has 0 aliphatic carbocycles. The summed E-state index contributed by atoms with van der Waals surface area (Å²) in [5, 5.41) is 2.54. The summed E-state index contributed by atoms with van der Waals surface area (Å²) in [6.45, 7) is 3.01. The zero-order valence-electron chi connectivity index (χ0n) is 14.3. The second-order valence-corrected chi connectivity index (χ2v) is 5.66. The van der Waals surface area contributed by atoms with Crippen molar-refractivity contribution in [2.75, 3.05) is 11.9 Å². The number of halogens is 1. The van der Waals surface area contributed by atoms with Crippen LogP contribution < -0.4 is 5.32 Å². The fourth-order valence-electron chi connectivity index (χ4n) is 1.97. The Balaban J connectivity index is 1.84. The first-order valence-electron chi connectivity index (χ1n) is 7.88. The van der Waals surface area contributed by atoms with Crippen molar-refractivity contribution in [1.82, 2.24) is 0 Å². The Hall–Kier alpha value is -3.22. The molecule has 0 fully saturated rings. The minimum atomic E-state index is -0.730. The Morgan fingerprint density at radius 1 is 0.923 bits per heavy atom. The Morgan fingerprint density at radius 2 is 1.46 bits per heavy atom. The van der Waals surface area contributed by atoms with Crippen LogP contribution in [0.15, 0.2) is 48.5 Å². The minimum absolute atomic E-state index is 0.146. The quantitative estimate of drug-likeness (QED) is 0.801. The maximum absolute atomic E-state index is 12.8. The lowest BCUT2D eigenvalue weighted by Gasteiger charge is -2.09. The first kappa shape index (κ1) is 19.1. The summed E-state index contributed by atoms with van der Waals surface area (Å²) in [6.07, 6.45) is -0.224. The van der Waals surface area contributed by atoms with Gasteiger partial charge in [-0.15, -0.1) is 0 Å². The van der Waals surface area contributed by atoms with E-state index in [4.69, 9.17) is 9.47 Å². The smallest absolute Gasteiger partial charge is 0.338 e. The molecule has 1 amide bonds. The number of carbonyl (C=O) groups is 3. The highest BCUT2D eigenvalue weighted by molar-refractivity contribution is 5.96. The maximum Gasteiger partial charge on any atom is 0.338 e. The summed E-state index contributed by atoms with van der Waals surface area (Å²) in [7, 11) is 0. The van der Waals surface area contributed by atoms with Gasteiger partial charge in [-0.2, -0.15) is 0 Å². The molecule has 7 heteroatoms. The van der Waals surface area contributed by atoms with E-state index >= 15 is 0 Å². The van der Waals surface area contributed by atoms with Gasteiger partial charge in [0.05, 0.1) is 17.2 Å². The van der Waals surface area contributed by atoms with Gasteiger partial charge in [0.15, 0.2) is 6.61 Å². The number of carbonyl (C=O) groups excluding carboxylic acids is 3. The average molecular weight is 359 g/mol. The Kier molecular flexibility index (Phi) is 6.43. The van der Waals surface area contributed by atoms with E-state index in [1.807, 2.05) is 0 Å². The van der Waals surface area contributed by atoms with Crippen molar-refractivity contribution < 1.29 is 28.2 Å². The fourth-order valence-corrected chi connectivity index (χ4v) is 1.97. The molecule has 26 heavy (non-hydrogen) atoms. The number of nitrogens with one attached hydrogen (secondary N) is 1. The molecule has 0 saturated heterocycles. The molecule has 0 heterocycles. The Labute approximate surface area is 149 Å². The summed E-state index contributed by atoms with van der Waals surface area (Å²) in [4.78, 5) is 35.3. The van der Waals surface area contributed by atoms with Crippen molar-refractivity contribution in [3.05, 3.63) is 65.5 Å². The Morgan fingerprint density at radius 3 is 2.04 bits per heavy atom. The van der Waals surface area contributed by atoms with Gasteiger partial charge in [0.1, 0.15) is 5.82 Å². The molecule has 0 aliphatic heterocycles. The average Bonchev–Trinajstić information content (AvgIpc) is 2.60. The van der Waals surface area contributed by atoms with Gasteiger partial charge < -0.3 is 14.8 Å². The van der Waals surface area contributed by atoms with Crippen LogP contribution in [0.5, 0.6) is 0 Å². The third-order valence-corrected chi connectivity index (χ3v) is 3.16. The first-order valence-corrected chi connectivity index (χ1v) is 7.88. The summed E-state index contributed by atoms with van der Waals surface area (Å²) >= 11 is 0. The van der Waals surface area contributed by atoms with Crippen molar-refractivity contribution in [2.24, 2.45) is 0 Å².